The molecule has 2 aliphatic heterocycles. The van der Waals surface area contributed by atoms with Gasteiger partial charge in [0.1, 0.15) is 12.2 Å². The highest BCUT2D eigenvalue weighted by molar-refractivity contribution is 5.89. The van der Waals surface area contributed by atoms with Gasteiger partial charge in [0.2, 0.25) is 5.91 Å². The average Bonchev–Trinajstić information content (AvgIpc) is 3.46. The lowest BCUT2D eigenvalue weighted by atomic mass is 9.74. The second-order valence-corrected chi connectivity index (χ2v) is 9.02. The highest BCUT2D eigenvalue weighted by atomic mass is 16.2. The van der Waals surface area contributed by atoms with Gasteiger partial charge in [-0.2, -0.15) is 5.10 Å². The predicted octanol–water partition coefficient (Wildman–Crippen LogP) is 3.31. The molecule has 0 aliphatic carbocycles. The zero-order valence-corrected chi connectivity index (χ0v) is 18.7. The molecule has 8 heteroatoms. The summed E-state index contributed by atoms with van der Waals surface area (Å²) in [5.74, 6) is 0.873. The molecule has 33 heavy (non-hydrogen) atoms. The van der Waals surface area contributed by atoms with Gasteiger partial charge in [0.05, 0.1) is 12.5 Å². The maximum atomic E-state index is 13.2. The number of nitrogens with one attached hydrogen (secondary N) is 2. The van der Waals surface area contributed by atoms with E-state index in [9.17, 15) is 9.59 Å². The van der Waals surface area contributed by atoms with Crippen LogP contribution in [-0.4, -0.2) is 44.7 Å². The number of carbonyl (C=O) groups excluding carboxylic acids is 2. The van der Waals surface area contributed by atoms with E-state index in [0.29, 0.717) is 19.5 Å². The summed E-state index contributed by atoms with van der Waals surface area (Å²) in [6.07, 6.45) is 3.57. The molecule has 3 heterocycles. The van der Waals surface area contributed by atoms with E-state index in [1.165, 1.54) is 6.33 Å². The van der Waals surface area contributed by atoms with Crippen LogP contribution < -0.4 is 10.6 Å². The first-order valence-electron chi connectivity index (χ1n) is 11.4. The van der Waals surface area contributed by atoms with Crippen LogP contribution in [0.25, 0.3) is 0 Å². The van der Waals surface area contributed by atoms with Crippen molar-refractivity contribution in [2.45, 2.75) is 38.8 Å². The summed E-state index contributed by atoms with van der Waals surface area (Å²) in [5, 5.41) is 10.4. The van der Waals surface area contributed by atoms with Gasteiger partial charge >= 0.3 is 6.03 Å². The fourth-order valence-corrected chi connectivity index (χ4v) is 5.08. The molecule has 2 unspecified atom stereocenters. The Morgan fingerprint density at radius 1 is 1.06 bits per heavy atom. The van der Waals surface area contributed by atoms with Gasteiger partial charge in [0.25, 0.3) is 0 Å². The Kier molecular flexibility index (Phi) is 5.58. The number of fused-ring (bicyclic) bond motifs is 1. The summed E-state index contributed by atoms with van der Waals surface area (Å²) in [4.78, 5) is 32.5. The Bertz CT molecular complexity index is 1160. The Labute approximate surface area is 193 Å². The molecule has 2 aromatic carbocycles. The molecule has 0 bridgehead atoms. The monoisotopic (exact) mass is 444 g/mol. The summed E-state index contributed by atoms with van der Waals surface area (Å²) in [5.41, 5.74) is 2.65. The quantitative estimate of drug-likeness (QED) is 0.646. The predicted molar refractivity (Wildman–Crippen MR) is 124 cm³/mol. The number of hydrogen-bond acceptors (Lipinski definition) is 4. The van der Waals surface area contributed by atoms with Crippen LogP contribution in [0.15, 0.2) is 60.9 Å². The molecule has 1 aromatic heterocycles. The molecule has 3 aromatic rings. The van der Waals surface area contributed by atoms with Gasteiger partial charge in [-0.25, -0.2) is 14.5 Å². The van der Waals surface area contributed by atoms with Gasteiger partial charge < -0.3 is 15.5 Å². The van der Waals surface area contributed by atoms with E-state index in [-0.39, 0.29) is 23.4 Å². The third-order valence-electron chi connectivity index (χ3n) is 6.99. The topological polar surface area (TPSA) is 92.2 Å². The number of urea groups is 1. The molecule has 1 saturated heterocycles. The largest absolute Gasteiger partial charge is 0.342 e. The molecular formula is C25H28N6O2. The highest BCUT2D eigenvalue weighted by Crippen LogP contribution is 2.47. The number of anilines is 1. The van der Waals surface area contributed by atoms with Gasteiger partial charge in [-0.15, -0.1) is 0 Å². The molecule has 5 rings (SSSR count). The number of aryl methyl sites for hydroxylation is 2. The fraction of sp³-hybridized carbons (Fsp3) is 0.360. The first-order valence-corrected chi connectivity index (χ1v) is 11.4. The van der Waals surface area contributed by atoms with E-state index in [2.05, 4.69) is 20.7 Å². The van der Waals surface area contributed by atoms with Crippen molar-refractivity contribution in [3.8, 4) is 0 Å². The van der Waals surface area contributed by atoms with Crippen LogP contribution >= 0.6 is 0 Å². The minimum absolute atomic E-state index is 0.126. The number of hydrogen-bond donors (Lipinski definition) is 2. The van der Waals surface area contributed by atoms with E-state index in [4.69, 9.17) is 0 Å². The number of benzene rings is 2. The molecule has 3 amide bonds. The number of nitrogens with zero attached hydrogens (tertiary/aromatic N) is 4. The van der Waals surface area contributed by atoms with Gasteiger partial charge in [-0.3, -0.25) is 4.79 Å². The normalized spacial score (nSPS) is 21.6. The van der Waals surface area contributed by atoms with Crippen molar-refractivity contribution in [1.82, 2.24) is 25.0 Å². The van der Waals surface area contributed by atoms with Gasteiger partial charge in [0.15, 0.2) is 0 Å². The van der Waals surface area contributed by atoms with E-state index in [0.717, 1.165) is 42.0 Å². The smallest absolute Gasteiger partial charge is 0.319 e. The van der Waals surface area contributed by atoms with Gasteiger partial charge in [0, 0.05) is 30.7 Å². The van der Waals surface area contributed by atoms with Crippen LogP contribution in [0.1, 0.15) is 35.8 Å². The first kappa shape index (κ1) is 21.2. The lowest BCUT2D eigenvalue weighted by Gasteiger charge is -2.40. The van der Waals surface area contributed by atoms with Crippen LogP contribution in [0, 0.1) is 12.3 Å². The van der Waals surface area contributed by atoms with Crippen LogP contribution in [-0.2, 0) is 17.8 Å². The van der Waals surface area contributed by atoms with Crippen molar-refractivity contribution < 1.29 is 9.59 Å². The lowest BCUT2D eigenvalue weighted by Crippen LogP contribution is -2.49. The number of aromatic nitrogens is 3. The summed E-state index contributed by atoms with van der Waals surface area (Å²) >= 11 is 0. The van der Waals surface area contributed by atoms with Crippen LogP contribution in [0.3, 0.4) is 0 Å². The molecule has 1 fully saturated rings. The number of rotatable bonds is 4. The van der Waals surface area contributed by atoms with Crippen molar-refractivity contribution in [2.24, 2.45) is 5.41 Å². The van der Waals surface area contributed by atoms with Crippen LogP contribution in [0.4, 0.5) is 10.5 Å². The number of likely N-dealkylation sites (tertiary alicyclic amines) is 1. The molecule has 2 atom stereocenters. The summed E-state index contributed by atoms with van der Waals surface area (Å²) in [7, 11) is 0. The average molecular weight is 445 g/mol. The summed E-state index contributed by atoms with van der Waals surface area (Å²) in [6, 6.07) is 16.8. The minimum atomic E-state index is -0.325. The summed E-state index contributed by atoms with van der Waals surface area (Å²) in [6.45, 7) is 4.04. The van der Waals surface area contributed by atoms with Crippen molar-refractivity contribution in [2.75, 3.05) is 18.4 Å². The fourth-order valence-electron chi connectivity index (χ4n) is 5.08. The maximum absolute atomic E-state index is 13.2. The third-order valence-corrected chi connectivity index (χ3v) is 6.99. The van der Waals surface area contributed by atoms with Gasteiger partial charge in [-0.05, 0) is 43.0 Å². The number of amides is 3. The molecule has 0 radical (unpaired) electrons. The summed E-state index contributed by atoms with van der Waals surface area (Å²) < 4.78 is 1.86. The van der Waals surface area contributed by atoms with E-state index >= 15 is 0 Å². The van der Waals surface area contributed by atoms with Crippen LogP contribution in [0.5, 0.6) is 0 Å². The van der Waals surface area contributed by atoms with Gasteiger partial charge in [-0.1, -0.05) is 42.5 Å². The second kappa shape index (κ2) is 8.69. The molecule has 2 aliphatic rings. The van der Waals surface area contributed by atoms with Crippen molar-refractivity contribution in [3.63, 3.8) is 0 Å². The second-order valence-electron chi connectivity index (χ2n) is 9.02. The molecule has 1 spiro atoms. The highest BCUT2D eigenvalue weighted by Gasteiger charge is 2.50. The number of para-hydroxylation sites is 1. The van der Waals surface area contributed by atoms with E-state index in [1.54, 1.807) is 0 Å². The third kappa shape index (κ3) is 4.20. The zero-order valence-electron chi connectivity index (χ0n) is 18.7. The first-order chi connectivity index (χ1) is 16.0. The lowest BCUT2D eigenvalue weighted by molar-refractivity contribution is -0.130. The SMILES string of the molecule is Cc1ccccc1CC(=O)N1CCC2(CCn3ncnc3C2NC(=O)Nc2ccccc2)C1. The minimum Gasteiger partial charge on any atom is -0.342 e. The maximum Gasteiger partial charge on any atom is 0.319 e. The molecule has 170 valence electrons. The van der Waals surface area contributed by atoms with Crippen molar-refractivity contribution >= 4 is 17.6 Å². The molecule has 0 saturated carbocycles. The Morgan fingerprint density at radius 3 is 2.64 bits per heavy atom. The molecular weight excluding hydrogens is 416 g/mol. The Morgan fingerprint density at radius 2 is 1.82 bits per heavy atom. The molecule has 8 nitrogen and oxygen atoms in total. The standard InChI is InChI=1S/C25H28N6O2/c1-18-7-5-6-8-19(18)15-21(32)30-13-11-25(16-30)12-14-31-23(26-17-27-31)22(25)29-24(33)28-20-9-3-2-4-10-20/h2-10,17,22H,11-16H2,1H3,(H2,28,29,33). The van der Waals surface area contributed by atoms with E-state index in [1.807, 2.05) is 71.1 Å². The van der Waals surface area contributed by atoms with Crippen molar-refractivity contribution in [3.05, 3.63) is 77.9 Å². The Hall–Kier alpha value is -3.68. The van der Waals surface area contributed by atoms with E-state index < -0.39 is 0 Å². The van der Waals surface area contributed by atoms with Crippen molar-refractivity contribution in [1.29, 1.82) is 0 Å². The molecule has 2 N–H and O–H groups in total. The Balaban J connectivity index is 1.34. The zero-order chi connectivity index (χ0) is 22.8. The number of carbonyl (C=O) groups is 2. The van der Waals surface area contributed by atoms with Crippen LogP contribution in [0.2, 0.25) is 0 Å².